The summed E-state index contributed by atoms with van der Waals surface area (Å²) in [5.74, 6) is -2.18. The van der Waals surface area contributed by atoms with Crippen molar-refractivity contribution in [3.8, 4) is 0 Å². The standard InChI is InChI=1S/C26H18ClNO3/c1-14(29)15-7-6-8-16(13-15)28-24(30)22-21-17-9-2-4-11-19(17)26(27,23(22)25(28)31)20-12-5-3-10-18(20)21/h2-13,21-23H,1H3/t21?,22-,23-,26?/m0/s1. The molecule has 1 aliphatic heterocycles. The molecule has 1 fully saturated rings. The average Bonchev–Trinajstić information content (AvgIpc) is 3.06. The van der Waals surface area contributed by atoms with E-state index in [9.17, 15) is 14.4 Å². The number of carbonyl (C=O) groups excluding carboxylic acids is 3. The number of amides is 2. The van der Waals surface area contributed by atoms with Gasteiger partial charge in [-0.15, -0.1) is 11.6 Å². The van der Waals surface area contributed by atoms with E-state index in [4.69, 9.17) is 11.6 Å². The van der Waals surface area contributed by atoms with Gasteiger partial charge in [-0.2, -0.15) is 0 Å². The molecule has 5 heteroatoms. The number of rotatable bonds is 2. The van der Waals surface area contributed by atoms with Crippen LogP contribution < -0.4 is 4.90 Å². The van der Waals surface area contributed by atoms with Crippen LogP contribution in [0.1, 0.15) is 45.5 Å². The summed E-state index contributed by atoms with van der Waals surface area (Å²) < 4.78 is 0. The van der Waals surface area contributed by atoms with E-state index in [0.717, 1.165) is 22.3 Å². The lowest BCUT2D eigenvalue weighted by molar-refractivity contribution is -0.122. The lowest BCUT2D eigenvalue weighted by Crippen LogP contribution is -2.50. The third-order valence-corrected chi connectivity index (χ3v) is 7.67. The Kier molecular flexibility index (Phi) is 3.67. The number of halogens is 1. The Balaban J connectivity index is 1.58. The summed E-state index contributed by atoms with van der Waals surface area (Å²) in [4.78, 5) is 39.5. The Morgan fingerprint density at radius 1 is 0.871 bits per heavy atom. The molecule has 1 saturated heterocycles. The first-order chi connectivity index (χ1) is 14.9. The second kappa shape index (κ2) is 6.14. The van der Waals surface area contributed by atoms with E-state index in [-0.39, 0.29) is 23.5 Å². The summed E-state index contributed by atoms with van der Waals surface area (Å²) in [7, 11) is 0. The van der Waals surface area contributed by atoms with E-state index in [1.807, 2.05) is 48.5 Å². The molecule has 0 saturated carbocycles. The largest absolute Gasteiger partial charge is 0.295 e. The third-order valence-electron chi connectivity index (χ3n) is 7.03. The molecular weight excluding hydrogens is 410 g/mol. The zero-order chi connectivity index (χ0) is 21.5. The van der Waals surface area contributed by atoms with Crippen molar-refractivity contribution >= 4 is 34.9 Å². The van der Waals surface area contributed by atoms with Gasteiger partial charge in [0, 0.05) is 11.5 Å². The fraction of sp³-hybridized carbons (Fsp3) is 0.192. The monoisotopic (exact) mass is 427 g/mol. The first-order valence-corrected chi connectivity index (χ1v) is 10.7. The van der Waals surface area contributed by atoms with Crippen molar-refractivity contribution in [2.24, 2.45) is 11.8 Å². The molecule has 7 rings (SSSR count). The van der Waals surface area contributed by atoms with Crippen molar-refractivity contribution in [1.82, 2.24) is 0 Å². The van der Waals surface area contributed by atoms with Crippen LogP contribution in [0.2, 0.25) is 0 Å². The summed E-state index contributed by atoms with van der Waals surface area (Å²) in [6.07, 6.45) is 0. The van der Waals surface area contributed by atoms with Crippen molar-refractivity contribution in [3.05, 3.63) is 101 Å². The molecule has 2 atom stereocenters. The van der Waals surface area contributed by atoms with Gasteiger partial charge in [0.25, 0.3) is 0 Å². The quantitative estimate of drug-likeness (QED) is 0.340. The van der Waals surface area contributed by atoms with Crippen molar-refractivity contribution in [2.75, 3.05) is 4.90 Å². The number of nitrogens with zero attached hydrogens (tertiary/aromatic N) is 1. The molecule has 152 valence electrons. The maximum Gasteiger partial charge on any atom is 0.240 e. The number of anilines is 1. The second-order valence-corrected chi connectivity index (χ2v) is 9.08. The van der Waals surface area contributed by atoms with Gasteiger partial charge in [0.1, 0.15) is 4.87 Å². The highest BCUT2D eigenvalue weighted by Crippen LogP contribution is 2.65. The molecule has 31 heavy (non-hydrogen) atoms. The fourth-order valence-corrected chi connectivity index (χ4v) is 6.37. The van der Waals surface area contributed by atoms with Crippen molar-refractivity contribution < 1.29 is 14.4 Å². The van der Waals surface area contributed by atoms with E-state index in [1.54, 1.807) is 24.3 Å². The van der Waals surface area contributed by atoms with Crippen molar-refractivity contribution in [1.29, 1.82) is 0 Å². The molecule has 0 radical (unpaired) electrons. The van der Waals surface area contributed by atoms with Crippen LogP contribution in [0.25, 0.3) is 0 Å². The number of hydrogen-bond donors (Lipinski definition) is 0. The van der Waals surface area contributed by atoms with E-state index in [2.05, 4.69) is 0 Å². The minimum absolute atomic E-state index is 0.118. The van der Waals surface area contributed by atoms with Crippen LogP contribution in [0.15, 0.2) is 72.8 Å². The summed E-state index contributed by atoms with van der Waals surface area (Å²) in [5, 5.41) is 0. The van der Waals surface area contributed by atoms with Crippen LogP contribution in [-0.4, -0.2) is 17.6 Å². The molecule has 3 aliphatic carbocycles. The van der Waals surface area contributed by atoms with E-state index < -0.39 is 16.7 Å². The van der Waals surface area contributed by atoms with Gasteiger partial charge in [0.15, 0.2) is 5.78 Å². The van der Waals surface area contributed by atoms with Gasteiger partial charge in [-0.05, 0) is 41.3 Å². The van der Waals surface area contributed by atoms with Crippen LogP contribution in [0.3, 0.4) is 0 Å². The summed E-state index contributed by atoms with van der Waals surface area (Å²) >= 11 is 7.40. The van der Waals surface area contributed by atoms with Gasteiger partial charge in [-0.3, -0.25) is 14.4 Å². The zero-order valence-electron chi connectivity index (χ0n) is 16.7. The van der Waals surface area contributed by atoms with Crippen molar-refractivity contribution in [3.63, 3.8) is 0 Å². The molecule has 0 N–H and O–H groups in total. The Bertz CT molecular complexity index is 1270. The van der Waals surface area contributed by atoms with Gasteiger partial charge in [0.05, 0.1) is 17.5 Å². The van der Waals surface area contributed by atoms with Gasteiger partial charge < -0.3 is 0 Å². The van der Waals surface area contributed by atoms with Crippen LogP contribution in [0, 0.1) is 11.8 Å². The molecule has 0 unspecified atom stereocenters. The van der Waals surface area contributed by atoms with Crippen LogP contribution >= 0.6 is 11.6 Å². The molecule has 1 heterocycles. The number of hydrogen-bond acceptors (Lipinski definition) is 3. The number of benzene rings is 3. The van der Waals surface area contributed by atoms with E-state index in [1.165, 1.54) is 11.8 Å². The summed E-state index contributed by atoms with van der Waals surface area (Å²) in [6.45, 7) is 1.47. The predicted octanol–water partition coefficient (Wildman–Crippen LogP) is 4.64. The lowest BCUT2D eigenvalue weighted by Gasteiger charge is -2.50. The lowest BCUT2D eigenvalue weighted by atomic mass is 9.54. The number of alkyl halides is 1. The summed E-state index contributed by atoms with van der Waals surface area (Å²) in [5.41, 5.74) is 4.72. The Morgan fingerprint density at radius 2 is 1.48 bits per heavy atom. The SMILES string of the molecule is CC(=O)c1cccc(N2C(=O)[C@@H]3[C@@H](C2=O)C2c4ccccc4C3(Cl)c3ccccc32)c1. The van der Waals surface area contributed by atoms with Gasteiger partial charge in [-0.1, -0.05) is 60.7 Å². The molecule has 2 amide bonds. The molecule has 4 nitrogen and oxygen atoms in total. The van der Waals surface area contributed by atoms with Gasteiger partial charge in [-0.25, -0.2) is 4.90 Å². The fourth-order valence-electron chi connectivity index (χ4n) is 5.80. The van der Waals surface area contributed by atoms with E-state index >= 15 is 0 Å². The number of ketones is 1. The number of carbonyl (C=O) groups is 3. The second-order valence-electron chi connectivity index (χ2n) is 8.49. The maximum absolute atomic E-state index is 13.8. The van der Waals surface area contributed by atoms with Crippen LogP contribution in [-0.2, 0) is 14.5 Å². The molecule has 0 spiro atoms. The van der Waals surface area contributed by atoms with Crippen molar-refractivity contribution in [2.45, 2.75) is 17.7 Å². The van der Waals surface area contributed by atoms with Crippen LogP contribution in [0.4, 0.5) is 5.69 Å². The minimum atomic E-state index is -1.10. The van der Waals surface area contributed by atoms with E-state index in [0.29, 0.717) is 11.3 Å². The first-order valence-electron chi connectivity index (χ1n) is 10.3. The van der Waals surface area contributed by atoms with Gasteiger partial charge in [0.2, 0.25) is 11.8 Å². The molecular formula is C26H18ClNO3. The normalized spacial score (nSPS) is 27.7. The number of Topliss-reactive ketones (excluding diaryl/α,β-unsaturated/α-hetero) is 1. The smallest absolute Gasteiger partial charge is 0.240 e. The van der Waals surface area contributed by atoms with Crippen LogP contribution in [0.5, 0.6) is 0 Å². The highest BCUT2D eigenvalue weighted by Gasteiger charge is 2.67. The van der Waals surface area contributed by atoms with Gasteiger partial charge >= 0.3 is 0 Å². The summed E-state index contributed by atoms with van der Waals surface area (Å²) in [6, 6.07) is 22.4. The third kappa shape index (κ3) is 2.18. The molecule has 4 aliphatic rings. The Hall–Kier alpha value is -3.24. The number of imide groups is 1. The average molecular weight is 428 g/mol. The molecule has 0 aromatic heterocycles. The highest BCUT2D eigenvalue weighted by atomic mass is 35.5. The first kappa shape index (κ1) is 18.5. The Labute approximate surface area is 184 Å². The Morgan fingerprint density at radius 3 is 2.10 bits per heavy atom. The maximum atomic E-state index is 13.8. The molecule has 2 bridgehead atoms. The molecule has 3 aromatic carbocycles. The highest BCUT2D eigenvalue weighted by molar-refractivity contribution is 6.33. The topological polar surface area (TPSA) is 54.5 Å². The molecule has 3 aromatic rings. The zero-order valence-corrected chi connectivity index (χ0v) is 17.5. The predicted molar refractivity (Wildman–Crippen MR) is 117 cm³/mol. The minimum Gasteiger partial charge on any atom is -0.295 e.